The first kappa shape index (κ1) is 19.0. The number of nitrogens with one attached hydrogen (secondary N) is 1. The number of carbonyl (C=O) groups is 1. The molecule has 0 saturated heterocycles. The van der Waals surface area contributed by atoms with Crippen LogP contribution in [0.4, 0.5) is 0 Å². The predicted octanol–water partition coefficient (Wildman–Crippen LogP) is 3.65. The van der Waals surface area contributed by atoms with Crippen molar-refractivity contribution in [1.29, 1.82) is 0 Å². The summed E-state index contributed by atoms with van der Waals surface area (Å²) in [4.78, 5) is 11.8. The molecule has 2 aromatic rings. The van der Waals surface area contributed by atoms with Crippen LogP contribution in [0.25, 0.3) is 0 Å². The molecule has 0 spiro atoms. The van der Waals surface area contributed by atoms with Crippen LogP contribution in [0.5, 0.6) is 0 Å². The lowest BCUT2D eigenvalue weighted by Gasteiger charge is -2.09. The Morgan fingerprint density at radius 1 is 1.32 bits per heavy atom. The molecule has 0 saturated carbocycles. The lowest BCUT2D eigenvalue weighted by atomic mass is 10.2. The molecular formula is C19H24N4OS. The quantitative estimate of drug-likeness (QED) is 0.521. The standard InChI is InChI=1S/C19H24N4OS/c1-4-6-10-18(24)20-13-17-21-22-19(23(17)11-5-2)25-14-16-9-7-8-15(3)12-16/h4-5,7-9,12H,1-2,6,10-11,13-14H2,3H3,(H,20,24). The highest BCUT2D eigenvalue weighted by molar-refractivity contribution is 7.98. The first-order valence-corrected chi connectivity index (χ1v) is 9.21. The third kappa shape index (κ3) is 5.90. The number of carbonyl (C=O) groups excluding carboxylic acids is 1. The van der Waals surface area contributed by atoms with Crippen molar-refractivity contribution < 1.29 is 4.79 Å². The summed E-state index contributed by atoms with van der Waals surface area (Å²) in [5, 5.41) is 12.2. The molecule has 0 atom stereocenters. The number of thioether (sulfide) groups is 1. The number of aromatic nitrogens is 3. The van der Waals surface area contributed by atoms with Crippen molar-refractivity contribution in [2.24, 2.45) is 0 Å². The smallest absolute Gasteiger partial charge is 0.220 e. The molecule has 5 nitrogen and oxygen atoms in total. The van der Waals surface area contributed by atoms with Gasteiger partial charge >= 0.3 is 0 Å². The number of aryl methyl sites for hydroxylation is 1. The van der Waals surface area contributed by atoms with Crippen LogP contribution in [0, 0.1) is 6.92 Å². The maximum atomic E-state index is 11.8. The van der Waals surface area contributed by atoms with Crippen LogP contribution in [0.3, 0.4) is 0 Å². The summed E-state index contributed by atoms with van der Waals surface area (Å²) in [5.74, 6) is 1.54. The Labute approximate surface area is 153 Å². The fraction of sp³-hybridized carbons (Fsp3) is 0.316. The van der Waals surface area contributed by atoms with Gasteiger partial charge < -0.3 is 9.88 Å². The summed E-state index contributed by atoms with van der Waals surface area (Å²) >= 11 is 1.63. The summed E-state index contributed by atoms with van der Waals surface area (Å²) in [6.07, 6.45) is 4.65. The van der Waals surface area contributed by atoms with Crippen LogP contribution in [0.2, 0.25) is 0 Å². The summed E-state index contributed by atoms with van der Waals surface area (Å²) in [5.41, 5.74) is 2.49. The van der Waals surface area contributed by atoms with Crippen LogP contribution >= 0.6 is 11.8 Å². The topological polar surface area (TPSA) is 59.8 Å². The van der Waals surface area contributed by atoms with E-state index in [9.17, 15) is 4.79 Å². The molecule has 2 rings (SSSR count). The zero-order chi connectivity index (χ0) is 18.1. The van der Waals surface area contributed by atoms with E-state index in [1.54, 1.807) is 17.8 Å². The van der Waals surface area contributed by atoms with Gasteiger partial charge in [0.2, 0.25) is 5.91 Å². The zero-order valence-electron chi connectivity index (χ0n) is 14.6. The van der Waals surface area contributed by atoms with Gasteiger partial charge in [0.25, 0.3) is 0 Å². The van der Waals surface area contributed by atoms with Crippen molar-refractivity contribution in [1.82, 2.24) is 20.1 Å². The highest BCUT2D eigenvalue weighted by atomic mass is 32.2. The van der Waals surface area contributed by atoms with Gasteiger partial charge in [-0.3, -0.25) is 4.79 Å². The van der Waals surface area contributed by atoms with E-state index < -0.39 is 0 Å². The van der Waals surface area contributed by atoms with Gasteiger partial charge in [-0.25, -0.2) is 0 Å². The number of amides is 1. The van der Waals surface area contributed by atoms with Gasteiger partial charge in [-0.1, -0.05) is 53.7 Å². The SMILES string of the molecule is C=CCCC(=O)NCc1nnc(SCc2cccc(C)c2)n1CC=C. The van der Waals surface area contributed by atoms with Gasteiger partial charge in [0.1, 0.15) is 0 Å². The average molecular weight is 356 g/mol. The van der Waals surface area contributed by atoms with Crippen molar-refractivity contribution in [2.75, 3.05) is 0 Å². The summed E-state index contributed by atoms with van der Waals surface area (Å²) in [6, 6.07) is 8.42. The third-order valence-corrected chi connectivity index (χ3v) is 4.61. The van der Waals surface area contributed by atoms with Crippen LogP contribution in [0.1, 0.15) is 29.8 Å². The van der Waals surface area contributed by atoms with Gasteiger partial charge in [-0.2, -0.15) is 0 Å². The molecule has 0 radical (unpaired) electrons. The third-order valence-electron chi connectivity index (χ3n) is 3.57. The van der Waals surface area contributed by atoms with E-state index >= 15 is 0 Å². The van der Waals surface area contributed by atoms with Gasteiger partial charge in [0.05, 0.1) is 6.54 Å². The molecule has 0 aliphatic carbocycles. The Morgan fingerprint density at radius 3 is 2.88 bits per heavy atom. The molecule has 25 heavy (non-hydrogen) atoms. The molecule has 1 N–H and O–H groups in total. The van der Waals surface area contributed by atoms with Crippen LogP contribution in [-0.2, 0) is 23.6 Å². The van der Waals surface area contributed by atoms with E-state index in [1.807, 2.05) is 10.6 Å². The Balaban J connectivity index is 2.01. The van der Waals surface area contributed by atoms with Gasteiger partial charge in [-0.05, 0) is 18.9 Å². The van der Waals surface area contributed by atoms with E-state index in [0.29, 0.717) is 25.9 Å². The first-order chi connectivity index (χ1) is 12.1. The van der Waals surface area contributed by atoms with E-state index in [-0.39, 0.29) is 5.91 Å². The fourth-order valence-electron chi connectivity index (χ4n) is 2.32. The lowest BCUT2D eigenvalue weighted by Crippen LogP contribution is -2.24. The van der Waals surface area contributed by atoms with Crippen molar-refractivity contribution in [3.8, 4) is 0 Å². The minimum Gasteiger partial charge on any atom is -0.349 e. The van der Waals surface area contributed by atoms with E-state index in [1.165, 1.54) is 11.1 Å². The number of rotatable bonds is 10. The van der Waals surface area contributed by atoms with E-state index in [2.05, 4.69) is 59.9 Å². The molecule has 6 heteroatoms. The maximum Gasteiger partial charge on any atom is 0.220 e. The second-order valence-electron chi connectivity index (χ2n) is 5.68. The molecule has 0 unspecified atom stereocenters. The van der Waals surface area contributed by atoms with Crippen LogP contribution < -0.4 is 5.32 Å². The van der Waals surface area contributed by atoms with Crippen LogP contribution in [0.15, 0.2) is 54.7 Å². The molecule has 0 bridgehead atoms. The van der Waals surface area contributed by atoms with Crippen molar-refractivity contribution in [2.45, 2.75) is 43.8 Å². The number of allylic oxidation sites excluding steroid dienone is 2. The molecule has 1 aromatic heterocycles. The second kappa shape index (κ2) is 9.84. The normalized spacial score (nSPS) is 10.4. The van der Waals surface area contributed by atoms with Gasteiger partial charge in [-0.15, -0.1) is 23.4 Å². The zero-order valence-corrected chi connectivity index (χ0v) is 15.4. The monoisotopic (exact) mass is 356 g/mol. The average Bonchev–Trinajstić information content (AvgIpc) is 2.98. The van der Waals surface area contributed by atoms with Crippen LogP contribution in [-0.4, -0.2) is 20.7 Å². The predicted molar refractivity (Wildman–Crippen MR) is 102 cm³/mol. The largest absolute Gasteiger partial charge is 0.349 e. The summed E-state index contributed by atoms with van der Waals surface area (Å²) in [6.45, 7) is 10.5. The molecule has 0 aliphatic heterocycles. The molecule has 0 fully saturated rings. The Kier molecular flexibility index (Phi) is 7.47. The number of benzene rings is 1. The lowest BCUT2D eigenvalue weighted by molar-refractivity contribution is -0.121. The molecule has 132 valence electrons. The number of hydrogen-bond acceptors (Lipinski definition) is 4. The minimum atomic E-state index is -0.0120. The molecule has 1 amide bonds. The number of hydrogen-bond donors (Lipinski definition) is 1. The maximum absolute atomic E-state index is 11.8. The molecule has 1 heterocycles. The van der Waals surface area contributed by atoms with Gasteiger partial charge in [0, 0.05) is 18.7 Å². The molecular weight excluding hydrogens is 332 g/mol. The highest BCUT2D eigenvalue weighted by Gasteiger charge is 2.12. The number of nitrogens with zero attached hydrogens (tertiary/aromatic N) is 3. The van der Waals surface area contributed by atoms with Crippen molar-refractivity contribution in [3.63, 3.8) is 0 Å². The fourth-order valence-corrected chi connectivity index (χ4v) is 3.23. The van der Waals surface area contributed by atoms with Crippen molar-refractivity contribution in [3.05, 3.63) is 66.5 Å². The molecule has 0 aliphatic rings. The summed E-state index contributed by atoms with van der Waals surface area (Å²) < 4.78 is 1.99. The minimum absolute atomic E-state index is 0.0120. The van der Waals surface area contributed by atoms with E-state index in [0.717, 1.165) is 16.7 Å². The molecule has 1 aromatic carbocycles. The second-order valence-corrected chi connectivity index (χ2v) is 6.62. The Hall–Kier alpha value is -2.34. The Bertz CT molecular complexity index is 739. The first-order valence-electron chi connectivity index (χ1n) is 8.23. The van der Waals surface area contributed by atoms with E-state index in [4.69, 9.17) is 0 Å². The highest BCUT2D eigenvalue weighted by Crippen LogP contribution is 2.22. The Morgan fingerprint density at radius 2 is 2.16 bits per heavy atom. The van der Waals surface area contributed by atoms with Gasteiger partial charge in [0.15, 0.2) is 11.0 Å². The van der Waals surface area contributed by atoms with Crippen molar-refractivity contribution >= 4 is 17.7 Å². The summed E-state index contributed by atoms with van der Waals surface area (Å²) in [7, 11) is 0.